The molecular formula is C18H19ClN4O3S2. The zero-order valence-electron chi connectivity index (χ0n) is 15.6. The second-order valence-electron chi connectivity index (χ2n) is 6.72. The first-order valence-corrected chi connectivity index (χ1v) is 10.7. The van der Waals surface area contributed by atoms with Crippen LogP contribution in [0.5, 0.6) is 0 Å². The topological polar surface area (TPSA) is 100.0 Å². The summed E-state index contributed by atoms with van der Waals surface area (Å²) in [6.45, 7) is 4.17. The number of ketones is 1. The number of aromatic nitrogens is 3. The van der Waals surface area contributed by atoms with E-state index >= 15 is 0 Å². The highest BCUT2D eigenvalue weighted by Crippen LogP contribution is 2.31. The van der Waals surface area contributed by atoms with Gasteiger partial charge in [0.15, 0.2) is 10.1 Å². The standard InChI is InChI=1S/C18H19ClN4O3S2/c1-9(2)7-23-15(20)14(16(25)22(3)18(23)26)12(24)8-27-17-21-11-6-10(19)4-5-13(11)28-17/h4-6,9H,7-8,20H2,1-3H3. The Balaban J connectivity index is 1.90. The van der Waals surface area contributed by atoms with Gasteiger partial charge < -0.3 is 5.73 Å². The van der Waals surface area contributed by atoms with Crippen molar-refractivity contribution < 1.29 is 4.79 Å². The molecule has 0 amide bonds. The van der Waals surface area contributed by atoms with Gasteiger partial charge in [-0.2, -0.15) is 0 Å². The Morgan fingerprint density at radius 1 is 1.36 bits per heavy atom. The molecule has 2 N–H and O–H groups in total. The van der Waals surface area contributed by atoms with E-state index in [1.54, 1.807) is 12.1 Å². The van der Waals surface area contributed by atoms with Gasteiger partial charge in [-0.05, 0) is 24.1 Å². The van der Waals surface area contributed by atoms with Gasteiger partial charge in [0.05, 0.1) is 16.0 Å². The van der Waals surface area contributed by atoms with Crippen molar-refractivity contribution in [3.63, 3.8) is 0 Å². The predicted octanol–water partition coefficient (Wildman–Crippen LogP) is 3.02. The fraction of sp³-hybridized carbons (Fsp3) is 0.333. The SMILES string of the molecule is CC(C)Cn1c(N)c(C(=O)CSc2nc3cc(Cl)ccc3s2)c(=O)n(C)c1=O. The van der Waals surface area contributed by atoms with E-state index in [2.05, 4.69) is 4.98 Å². The van der Waals surface area contributed by atoms with E-state index < -0.39 is 17.0 Å². The number of hydrogen-bond donors (Lipinski definition) is 1. The number of nitrogens with two attached hydrogens (primary N) is 1. The maximum absolute atomic E-state index is 12.8. The molecule has 7 nitrogen and oxygen atoms in total. The number of hydrogen-bond acceptors (Lipinski definition) is 7. The van der Waals surface area contributed by atoms with Crippen LogP contribution in [0.4, 0.5) is 5.82 Å². The maximum Gasteiger partial charge on any atom is 0.332 e. The van der Waals surface area contributed by atoms with E-state index in [1.165, 1.54) is 34.7 Å². The third kappa shape index (κ3) is 4.01. The van der Waals surface area contributed by atoms with Crippen LogP contribution in [-0.4, -0.2) is 25.7 Å². The van der Waals surface area contributed by atoms with Gasteiger partial charge in [0.25, 0.3) is 5.56 Å². The molecule has 3 rings (SSSR count). The number of halogens is 1. The van der Waals surface area contributed by atoms with Crippen LogP contribution in [0.1, 0.15) is 24.2 Å². The predicted molar refractivity (Wildman–Crippen MR) is 115 cm³/mol. The molecule has 0 aliphatic heterocycles. The van der Waals surface area contributed by atoms with Crippen LogP contribution in [0.3, 0.4) is 0 Å². The lowest BCUT2D eigenvalue weighted by Gasteiger charge is -2.15. The molecule has 0 aliphatic carbocycles. The zero-order chi connectivity index (χ0) is 20.6. The summed E-state index contributed by atoms with van der Waals surface area (Å²) in [7, 11) is 1.35. The number of fused-ring (bicyclic) bond motifs is 1. The van der Waals surface area contributed by atoms with Crippen molar-refractivity contribution in [2.75, 3.05) is 11.5 Å². The molecule has 10 heteroatoms. The first kappa shape index (κ1) is 20.6. The number of carbonyl (C=O) groups excluding carboxylic acids is 1. The second kappa shape index (κ2) is 8.10. The van der Waals surface area contributed by atoms with Crippen molar-refractivity contribution >= 4 is 56.5 Å². The Kier molecular flexibility index (Phi) is 5.97. The van der Waals surface area contributed by atoms with Crippen molar-refractivity contribution in [3.8, 4) is 0 Å². The molecular weight excluding hydrogens is 420 g/mol. The van der Waals surface area contributed by atoms with Gasteiger partial charge in [-0.25, -0.2) is 9.78 Å². The minimum absolute atomic E-state index is 0.00707. The highest BCUT2D eigenvalue weighted by Gasteiger charge is 2.22. The summed E-state index contributed by atoms with van der Waals surface area (Å²) >= 11 is 8.64. The molecule has 0 radical (unpaired) electrons. The van der Waals surface area contributed by atoms with Crippen LogP contribution in [0.25, 0.3) is 10.2 Å². The lowest BCUT2D eigenvalue weighted by atomic mass is 10.2. The van der Waals surface area contributed by atoms with Crippen molar-refractivity contribution in [2.24, 2.45) is 13.0 Å². The number of carbonyl (C=O) groups is 1. The van der Waals surface area contributed by atoms with Crippen LogP contribution in [0.2, 0.25) is 5.02 Å². The van der Waals surface area contributed by atoms with Crippen LogP contribution in [0, 0.1) is 5.92 Å². The monoisotopic (exact) mass is 438 g/mol. The van der Waals surface area contributed by atoms with E-state index in [4.69, 9.17) is 17.3 Å². The molecule has 1 aromatic carbocycles. The van der Waals surface area contributed by atoms with Gasteiger partial charge in [0, 0.05) is 18.6 Å². The van der Waals surface area contributed by atoms with Gasteiger partial charge in [-0.15, -0.1) is 11.3 Å². The highest BCUT2D eigenvalue weighted by molar-refractivity contribution is 8.01. The molecule has 148 valence electrons. The van der Waals surface area contributed by atoms with E-state index in [0.29, 0.717) is 15.9 Å². The average molecular weight is 439 g/mol. The molecule has 0 bridgehead atoms. The number of rotatable bonds is 6. The molecule has 2 aromatic heterocycles. The molecule has 0 saturated carbocycles. The highest BCUT2D eigenvalue weighted by atomic mass is 35.5. The molecule has 3 aromatic rings. The Bertz CT molecular complexity index is 1180. The fourth-order valence-electron chi connectivity index (χ4n) is 2.73. The van der Waals surface area contributed by atoms with Gasteiger partial charge >= 0.3 is 5.69 Å². The smallest absolute Gasteiger partial charge is 0.332 e. The number of nitrogen functional groups attached to an aromatic ring is 1. The third-order valence-electron chi connectivity index (χ3n) is 4.07. The molecule has 0 fully saturated rings. The van der Waals surface area contributed by atoms with Crippen molar-refractivity contribution in [1.82, 2.24) is 14.1 Å². The van der Waals surface area contributed by atoms with Gasteiger partial charge in [0.1, 0.15) is 11.4 Å². The molecule has 2 heterocycles. The summed E-state index contributed by atoms with van der Waals surface area (Å²) in [6, 6.07) is 5.41. The Labute approximate surface area is 174 Å². The third-order valence-corrected chi connectivity index (χ3v) is 6.48. The Hall–Kier alpha value is -2.10. The summed E-state index contributed by atoms with van der Waals surface area (Å²) in [5.41, 5.74) is 5.44. The summed E-state index contributed by atoms with van der Waals surface area (Å²) < 4.78 is 3.86. The van der Waals surface area contributed by atoms with E-state index in [0.717, 1.165) is 14.8 Å². The molecule has 0 spiro atoms. The molecule has 0 aliphatic rings. The molecule has 0 atom stereocenters. The average Bonchev–Trinajstić information content (AvgIpc) is 3.03. The first-order chi connectivity index (χ1) is 13.2. The van der Waals surface area contributed by atoms with Crippen LogP contribution in [0.15, 0.2) is 32.1 Å². The van der Waals surface area contributed by atoms with Crippen molar-refractivity contribution in [3.05, 3.63) is 49.6 Å². The number of anilines is 1. The number of thiazole rings is 1. The van der Waals surface area contributed by atoms with Crippen LogP contribution in [-0.2, 0) is 13.6 Å². The number of Topliss-reactive ketones (excluding diaryl/α,β-unsaturated/α-hetero) is 1. The lowest BCUT2D eigenvalue weighted by Crippen LogP contribution is -2.43. The van der Waals surface area contributed by atoms with Crippen molar-refractivity contribution in [1.29, 1.82) is 0 Å². The Morgan fingerprint density at radius 3 is 2.75 bits per heavy atom. The summed E-state index contributed by atoms with van der Waals surface area (Å²) in [5.74, 6) is -0.391. The lowest BCUT2D eigenvalue weighted by molar-refractivity contribution is 0.102. The van der Waals surface area contributed by atoms with E-state index in [-0.39, 0.29) is 23.1 Å². The van der Waals surface area contributed by atoms with Gasteiger partial charge in [-0.1, -0.05) is 37.2 Å². The summed E-state index contributed by atoms with van der Waals surface area (Å²) in [5, 5.41) is 0.592. The minimum atomic E-state index is -0.677. The second-order valence-corrected chi connectivity index (χ2v) is 9.40. The molecule has 28 heavy (non-hydrogen) atoms. The van der Waals surface area contributed by atoms with Crippen LogP contribution < -0.4 is 17.0 Å². The van der Waals surface area contributed by atoms with E-state index in [1.807, 2.05) is 19.9 Å². The van der Waals surface area contributed by atoms with E-state index in [9.17, 15) is 14.4 Å². The first-order valence-electron chi connectivity index (χ1n) is 8.50. The largest absolute Gasteiger partial charge is 0.384 e. The van der Waals surface area contributed by atoms with Gasteiger partial charge in [0.2, 0.25) is 0 Å². The minimum Gasteiger partial charge on any atom is -0.384 e. The molecule has 0 unspecified atom stereocenters. The molecule has 0 saturated heterocycles. The normalized spacial score (nSPS) is 11.5. The number of benzene rings is 1. The number of nitrogens with zero attached hydrogens (tertiary/aromatic N) is 3. The van der Waals surface area contributed by atoms with Crippen molar-refractivity contribution in [2.45, 2.75) is 24.7 Å². The summed E-state index contributed by atoms with van der Waals surface area (Å²) in [4.78, 5) is 42.0. The quantitative estimate of drug-likeness (QED) is 0.469. The fourth-order valence-corrected chi connectivity index (χ4v) is 4.81. The number of thioether (sulfide) groups is 1. The zero-order valence-corrected chi connectivity index (χ0v) is 18.0. The van der Waals surface area contributed by atoms with Crippen LogP contribution >= 0.6 is 34.7 Å². The maximum atomic E-state index is 12.8. The Morgan fingerprint density at radius 2 is 2.07 bits per heavy atom. The van der Waals surface area contributed by atoms with Gasteiger partial charge in [-0.3, -0.25) is 18.7 Å². The summed E-state index contributed by atoms with van der Waals surface area (Å²) in [6.07, 6.45) is 0.